The minimum atomic E-state index is -0.422. The molecular formula is C27H28ClN3O3. The van der Waals surface area contributed by atoms with E-state index in [2.05, 4.69) is 10.7 Å². The van der Waals surface area contributed by atoms with Gasteiger partial charge in [0.2, 0.25) is 0 Å². The van der Waals surface area contributed by atoms with Crippen molar-refractivity contribution >= 4 is 29.6 Å². The Morgan fingerprint density at radius 2 is 1.85 bits per heavy atom. The quantitative estimate of drug-likeness (QED) is 0.437. The summed E-state index contributed by atoms with van der Waals surface area (Å²) in [4.78, 5) is 26.3. The number of esters is 1. The van der Waals surface area contributed by atoms with Crippen LogP contribution in [0.2, 0.25) is 5.02 Å². The number of ether oxygens (including phenoxy) is 1. The Kier molecular flexibility index (Phi) is 7.50. The Labute approximate surface area is 204 Å². The first-order valence-electron chi connectivity index (χ1n) is 11.5. The maximum atomic E-state index is 13.1. The van der Waals surface area contributed by atoms with E-state index in [0.717, 1.165) is 28.8 Å². The first-order chi connectivity index (χ1) is 16.5. The van der Waals surface area contributed by atoms with E-state index in [1.165, 1.54) is 11.1 Å². The molecule has 1 atom stereocenters. The third-order valence-electron chi connectivity index (χ3n) is 5.84. The average molecular weight is 478 g/mol. The first-order valence-corrected chi connectivity index (χ1v) is 11.9. The highest BCUT2D eigenvalue weighted by molar-refractivity contribution is 6.31. The first kappa shape index (κ1) is 23.8. The number of allylic oxidation sites excluding steroid dienone is 1. The molecule has 34 heavy (non-hydrogen) atoms. The van der Waals surface area contributed by atoms with Crippen LogP contribution in [0.25, 0.3) is 6.08 Å². The second kappa shape index (κ2) is 10.7. The molecule has 0 radical (unpaired) electrons. The SMILES string of the molecule is CCCC1=C(C(=O)OCC)C(c2ccccc2Cl)C2=C(N1)N(C(=O)C=Cc1ccccc1)NC2. The fourth-order valence-corrected chi connectivity index (χ4v) is 4.59. The van der Waals surface area contributed by atoms with Gasteiger partial charge in [0.1, 0.15) is 5.82 Å². The highest BCUT2D eigenvalue weighted by atomic mass is 35.5. The van der Waals surface area contributed by atoms with Gasteiger partial charge in [-0.3, -0.25) is 4.79 Å². The largest absolute Gasteiger partial charge is 0.463 e. The smallest absolute Gasteiger partial charge is 0.336 e. The molecule has 1 amide bonds. The predicted octanol–water partition coefficient (Wildman–Crippen LogP) is 4.92. The van der Waals surface area contributed by atoms with Crippen molar-refractivity contribution in [1.82, 2.24) is 15.8 Å². The fraction of sp³-hybridized carbons (Fsp3) is 0.259. The zero-order valence-corrected chi connectivity index (χ0v) is 20.1. The van der Waals surface area contributed by atoms with Crippen LogP contribution in [0.5, 0.6) is 0 Å². The molecule has 0 fully saturated rings. The van der Waals surface area contributed by atoms with Crippen LogP contribution in [-0.2, 0) is 14.3 Å². The third kappa shape index (κ3) is 4.79. The molecule has 2 aliphatic heterocycles. The van der Waals surface area contributed by atoms with Gasteiger partial charge < -0.3 is 10.1 Å². The van der Waals surface area contributed by atoms with Crippen molar-refractivity contribution in [3.8, 4) is 0 Å². The summed E-state index contributed by atoms with van der Waals surface area (Å²) in [5, 5.41) is 5.45. The van der Waals surface area contributed by atoms with Crippen molar-refractivity contribution in [3.63, 3.8) is 0 Å². The van der Waals surface area contributed by atoms with Gasteiger partial charge in [0.15, 0.2) is 0 Å². The lowest BCUT2D eigenvalue weighted by Gasteiger charge is -2.32. The summed E-state index contributed by atoms with van der Waals surface area (Å²) >= 11 is 6.61. The number of nitrogens with one attached hydrogen (secondary N) is 2. The summed E-state index contributed by atoms with van der Waals surface area (Å²) in [7, 11) is 0. The Balaban J connectivity index is 1.76. The summed E-state index contributed by atoms with van der Waals surface area (Å²) in [5.41, 5.74) is 7.10. The van der Waals surface area contributed by atoms with Crippen LogP contribution in [0.4, 0.5) is 0 Å². The topological polar surface area (TPSA) is 70.7 Å². The molecule has 0 saturated heterocycles. The van der Waals surface area contributed by atoms with Crippen LogP contribution in [0.3, 0.4) is 0 Å². The van der Waals surface area contributed by atoms with E-state index >= 15 is 0 Å². The molecule has 1 unspecified atom stereocenters. The van der Waals surface area contributed by atoms with Crippen molar-refractivity contribution in [2.75, 3.05) is 13.2 Å². The van der Waals surface area contributed by atoms with E-state index in [9.17, 15) is 9.59 Å². The van der Waals surface area contributed by atoms with E-state index in [1.54, 1.807) is 13.0 Å². The van der Waals surface area contributed by atoms with Gasteiger partial charge in [-0.05, 0) is 36.6 Å². The number of halogens is 1. The minimum Gasteiger partial charge on any atom is -0.463 e. The predicted molar refractivity (Wildman–Crippen MR) is 133 cm³/mol. The Morgan fingerprint density at radius 3 is 2.56 bits per heavy atom. The van der Waals surface area contributed by atoms with Gasteiger partial charge in [0, 0.05) is 34.8 Å². The van der Waals surface area contributed by atoms with Gasteiger partial charge >= 0.3 is 5.97 Å². The standard InChI is InChI=1S/C27H28ClN3O3/c1-3-10-22-25(27(33)34-4-2)24(19-13-8-9-14-21(19)28)20-17-29-31(26(20)30-22)23(32)16-15-18-11-6-5-7-12-18/h5-9,11-16,24,29-30H,3-4,10,17H2,1-2H3. The molecule has 0 aliphatic carbocycles. The van der Waals surface area contributed by atoms with E-state index in [4.69, 9.17) is 16.3 Å². The van der Waals surface area contributed by atoms with Crippen LogP contribution in [-0.4, -0.2) is 30.0 Å². The lowest BCUT2D eigenvalue weighted by molar-refractivity contribution is -0.138. The van der Waals surface area contributed by atoms with Crippen LogP contribution in [0, 0.1) is 0 Å². The summed E-state index contributed by atoms with van der Waals surface area (Å²) in [6.45, 7) is 4.51. The van der Waals surface area contributed by atoms with Crippen LogP contribution in [0.15, 0.2) is 83.3 Å². The molecule has 7 heteroatoms. The highest BCUT2D eigenvalue weighted by Gasteiger charge is 2.41. The number of carbonyl (C=O) groups excluding carboxylic acids is 2. The van der Waals surface area contributed by atoms with E-state index in [0.29, 0.717) is 29.4 Å². The van der Waals surface area contributed by atoms with Crippen molar-refractivity contribution < 1.29 is 14.3 Å². The van der Waals surface area contributed by atoms with Gasteiger partial charge in [-0.2, -0.15) is 0 Å². The highest BCUT2D eigenvalue weighted by Crippen LogP contribution is 2.43. The summed E-state index contributed by atoms with van der Waals surface area (Å²) < 4.78 is 5.45. The van der Waals surface area contributed by atoms with Gasteiger partial charge in [-0.25, -0.2) is 15.2 Å². The zero-order chi connectivity index (χ0) is 24.1. The van der Waals surface area contributed by atoms with E-state index in [-0.39, 0.29) is 18.5 Å². The van der Waals surface area contributed by atoms with Crippen molar-refractivity contribution in [1.29, 1.82) is 0 Å². The number of hydrogen-bond acceptors (Lipinski definition) is 5. The van der Waals surface area contributed by atoms with Gasteiger partial charge in [-0.1, -0.05) is 73.5 Å². The normalized spacial score (nSPS) is 17.7. The van der Waals surface area contributed by atoms with Crippen LogP contribution in [0.1, 0.15) is 43.7 Å². The third-order valence-corrected chi connectivity index (χ3v) is 6.18. The average Bonchev–Trinajstić information content (AvgIpc) is 3.27. The summed E-state index contributed by atoms with van der Waals surface area (Å²) in [6.07, 6.45) is 4.77. The molecule has 2 heterocycles. The lowest BCUT2D eigenvalue weighted by atomic mass is 9.80. The molecular weight excluding hydrogens is 450 g/mol. The van der Waals surface area contributed by atoms with Crippen molar-refractivity contribution in [2.24, 2.45) is 0 Å². The van der Waals surface area contributed by atoms with E-state index in [1.807, 2.05) is 61.5 Å². The fourth-order valence-electron chi connectivity index (χ4n) is 4.35. The number of hydrazine groups is 1. The number of benzene rings is 2. The molecule has 2 aromatic rings. The summed E-state index contributed by atoms with van der Waals surface area (Å²) in [6, 6.07) is 17.2. The number of dihydropyridines is 1. The minimum absolute atomic E-state index is 0.213. The molecule has 0 bridgehead atoms. The van der Waals surface area contributed by atoms with E-state index < -0.39 is 5.92 Å². The molecule has 2 aliphatic rings. The number of rotatable bonds is 7. The number of carbonyl (C=O) groups is 2. The molecule has 0 aromatic heterocycles. The molecule has 2 N–H and O–H groups in total. The van der Waals surface area contributed by atoms with Gasteiger partial charge in [0.05, 0.1) is 12.2 Å². The van der Waals surface area contributed by atoms with Crippen LogP contribution < -0.4 is 10.7 Å². The van der Waals surface area contributed by atoms with Gasteiger partial charge in [0.25, 0.3) is 5.91 Å². The molecule has 2 aromatic carbocycles. The Morgan fingerprint density at radius 1 is 1.12 bits per heavy atom. The van der Waals surface area contributed by atoms with Crippen molar-refractivity contribution in [2.45, 2.75) is 32.6 Å². The Bertz CT molecular complexity index is 1170. The van der Waals surface area contributed by atoms with Gasteiger partial charge in [-0.15, -0.1) is 0 Å². The molecule has 4 rings (SSSR count). The molecule has 176 valence electrons. The number of nitrogens with zero attached hydrogens (tertiary/aromatic N) is 1. The maximum Gasteiger partial charge on any atom is 0.336 e. The Hall–Kier alpha value is -3.35. The molecule has 0 saturated carbocycles. The molecule has 0 spiro atoms. The van der Waals surface area contributed by atoms with Crippen molar-refractivity contribution in [3.05, 3.63) is 99.5 Å². The lowest BCUT2D eigenvalue weighted by Crippen LogP contribution is -2.41. The maximum absolute atomic E-state index is 13.1. The second-order valence-electron chi connectivity index (χ2n) is 8.07. The summed E-state index contributed by atoms with van der Waals surface area (Å²) in [5.74, 6) is -0.364. The zero-order valence-electron chi connectivity index (χ0n) is 19.3. The number of hydrogen-bond donors (Lipinski definition) is 2. The molecule has 6 nitrogen and oxygen atoms in total. The monoisotopic (exact) mass is 477 g/mol. The number of amides is 1. The van der Waals surface area contributed by atoms with Crippen LogP contribution >= 0.6 is 11.6 Å². The second-order valence-corrected chi connectivity index (χ2v) is 8.48.